The average molecular weight is 323 g/mol. The third kappa shape index (κ3) is 4.07. The van der Waals surface area contributed by atoms with Crippen LogP contribution in [0.4, 0.5) is 5.69 Å². The molecule has 0 saturated heterocycles. The highest BCUT2D eigenvalue weighted by molar-refractivity contribution is 5.61. The summed E-state index contributed by atoms with van der Waals surface area (Å²) in [6, 6.07) is 17.3. The number of nitrogen functional groups attached to an aromatic ring is 1. The number of H-pyrrole nitrogens is 1. The van der Waals surface area contributed by atoms with Crippen molar-refractivity contribution in [3.8, 4) is 22.8 Å². The molecule has 5 nitrogen and oxygen atoms in total. The summed E-state index contributed by atoms with van der Waals surface area (Å²) in [7, 11) is 0. The van der Waals surface area contributed by atoms with Gasteiger partial charge in [-0.2, -0.15) is 5.10 Å². The number of nitrogens with zero attached hydrogens (tertiary/aromatic N) is 1. The molecule has 3 rings (SSSR count). The Morgan fingerprint density at radius 2 is 1.79 bits per heavy atom. The standard InChI is InChI=1S/C19H21N3O2/c1-2-9-23-17-7-3-5-14(10-17)19-12-16(21-22-19)13-24-18-8-4-6-15(20)11-18/h3-8,10-12H,2,9,13,20H2,1H3,(H,21,22). The molecule has 0 aliphatic carbocycles. The van der Waals surface area contributed by atoms with Crippen molar-refractivity contribution in [2.75, 3.05) is 12.3 Å². The minimum atomic E-state index is 0.405. The molecule has 0 unspecified atom stereocenters. The number of nitrogens with two attached hydrogens (primary N) is 1. The van der Waals surface area contributed by atoms with Crippen LogP contribution < -0.4 is 15.2 Å². The van der Waals surface area contributed by atoms with Crippen LogP contribution in [-0.2, 0) is 6.61 Å². The van der Waals surface area contributed by atoms with Crippen LogP contribution in [0.25, 0.3) is 11.3 Å². The first-order valence-electron chi connectivity index (χ1n) is 8.00. The van der Waals surface area contributed by atoms with Crippen LogP contribution in [0.2, 0.25) is 0 Å². The Hall–Kier alpha value is -2.95. The Balaban J connectivity index is 1.67. The van der Waals surface area contributed by atoms with Gasteiger partial charge in [-0.15, -0.1) is 0 Å². The van der Waals surface area contributed by atoms with Crippen LogP contribution in [0.3, 0.4) is 0 Å². The molecule has 0 fully saturated rings. The lowest BCUT2D eigenvalue weighted by Gasteiger charge is -2.05. The van der Waals surface area contributed by atoms with Gasteiger partial charge in [0.25, 0.3) is 0 Å². The molecule has 0 atom stereocenters. The highest BCUT2D eigenvalue weighted by Crippen LogP contribution is 2.23. The molecule has 0 aliphatic heterocycles. The summed E-state index contributed by atoms with van der Waals surface area (Å²) in [5.41, 5.74) is 9.20. The topological polar surface area (TPSA) is 73.2 Å². The molecular weight excluding hydrogens is 302 g/mol. The second-order valence-corrected chi connectivity index (χ2v) is 5.52. The number of benzene rings is 2. The summed E-state index contributed by atoms with van der Waals surface area (Å²) in [5, 5.41) is 7.36. The molecule has 0 amide bonds. The van der Waals surface area contributed by atoms with E-state index in [0.29, 0.717) is 18.9 Å². The zero-order valence-corrected chi connectivity index (χ0v) is 13.7. The van der Waals surface area contributed by atoms with Crippen LogP contribution in [0, 0.1) is 0 Å². The predicted octanol–water partition coefficient (Wildman–Crippen LogP) is 4.03. The van der Waals surface area contributed by atoms with E-state index in [2.05, 4.69) is 17.1 Å². The van der Waals surface area contributed by atoms with Gasteiger partial charge in [0, 0.05) is 17.3 Å². The Morgan fingerprint density at radius 3 is 2.58 bits per heavy atom. The van der Waals surface area contributed by atoms with E-state index in [9.17, 15) is 0 Å². The molecule has 2 aromatic carbocycles. The monoisotopic (exact) mass is 323 g/mol. The summed E-state index contributed by atoms with van der Waals surface area (Å²) >= 11 is 0. The van der Waals surface area contributed by atoms with E-state index in [1.807, 2.05) is 48.5 Å². The zero-order valence-electron chi connectivity index (χ0n) is 13.7. The van der Waals surface area contributed by atoms with Crippen molar-refractivity contribution in [1.29, 1.82) is 0 Å². The molecule has 0 saturated carbocycles. The minimum absolute atomic E-state index is 0.405. The van der Waals surface area contributed by atoms with Crippen LogP contribution in [0.5, 0.6) is 11.5 Å². The summed E-state index contributed by atoms with van der Waals surface area (Å²) in [5.74, 6) is 1.59. The van der Waals surface area contributed by atoms with Gasteiger partial charge in [-0.05, 0) is 36.8 Å². The smallest absolute Gasteiger partial charge is 0.130 e. The highest BCUT2D eigenvalue weighted by atomic mass is 16.5. The van der Waals surface area contributed by atoms with E-state index in [0.717, 1.165) is 34.9 Å². The highest BCUT2D eigenvalue weighted by Gasteiger charge is 2.06. The van der Waals surface area contributed by atoms with Gasteiger partial charge < -0.3 is 15.2 Å². The van der Waals surface area contributed by atoms with E-state index in [1.165, 1.54) is 0 Å². The van der Waals surface area contributed by atoms with Crippen LogP contribution in [0.15, 0.2) is 54.6 Å². The van der Waals surface area contributed by atoms with Gasteiger partial charge in [0.1, 0.15) is 18.1 Å². The van der Waals surface area contributed by atoms with Gasteiger partial charge >= 0.3 is 0 Å². The Morgan fingerprint density at radius 1 is 1.00 bits per heavy atom. The maximum absolute atomic E-state index is 5.74. The lowest BCUT2D eigenvalue weighted by Crippen LogP contribution is -1.96. The van der Waals surface area contributed by atoms with E-state index in [4.69, 9.17) is 15.2 Å². The molecule has 0 spiro atoms. The molecule has 1 heterocycles. The van der Waals surface area contributed by atoms with Crippen molar-refractivity contribution in [3.63, 3.8) is 0 Å². The van der Waals surface area contributed by atoms with Crippen molar-refractivity contribution < 1.29 is 9.47 Å². The van der Waals surface area contributed by atoms with Crippen LogP contribution in [0.1, 0.15) is 19.0 Å². The van der Waals surface area contributed by atoms with E-state index >= 15 is 0 Å². The normalized spacial score (nSPS) is 10.5. The van der Waals surface area contributed by atoms with Crippen molar-refractivity contribution in [2.24, 2.45) is 0 Å². The van der Waals surface area contributed by atoms with Crippen molar-refractivity contribution in [3.05, 3.63) is 60.3 Å². The second-order valence-electron chi connectivity index (χ2n) is 5.52. The third-order valence-electron chi connectivity index (χ3n) is 3.49. The van der Waals surface area contributed by atoms with Gasteiger partial charge in [-0.3, -0.25) is 5.10 Å². The number of anilines is 1. The quantitative estimate of drug-likeness (QED) is 0.644. The van der Waals surface area contributed by atoms with Crippen molar-refractivity contribution in [2.45, 2.75) is 20.0 Å². The molecular formula is C19H21N3O2. The van der Waals surface area contributed by atoms with Gasteiger partial charge in [-0.25, -0.2) is 0 Å². The Kier molecular flexibility index (Phi) is 5.01. The fourth-order valence-corrected chi connectivity index (χ4v) is 2.31. The first-order chi connectivity index (χ1) is 11.7. The summed E-state index contributed by atoms with van der Waals surface area (Å²) in [4.78, 5) is 0. The predicted molar refractivity (Wildman–Crippen MR) is 95.0 cm³/mol. The summed E-state index contributed by atoms with van der Waals surface area (Å²) in [6.07, 6.45) is 0.984. The number of ether oxygens (including phenoxy) is 2. The van der Waals surface area contributed by atoms with Crippen molar-refractivity contribution >= 4 is 5.69 Å². The van der Waals surface area contributed by atoms with E-state index in [1.54, 1.807) is 6.07 Å². The van der Waals surface area contributed by atoms with E-state index < -0.39 is 0 Å². The molecule has 124 valence electrons. The SMILES string of the molecule is CCCOc1cccc(-c2cc(COc3cccc(N)c3)[nH]n2)c1. The van der Waals surface area contributed by atoms with Gasteiger partial charge in [-0.1, -0.05) is 25.1 Å². The van der Waals surface area contributed by atoms with Gasteiger partial charge in [0.05, 0.1) is 18.0 Å². The molecule has 0 bridgehead atoms. The maximum atomic E-state index is 5.74. The summed E-state index contributed by atoms with van der Waals surface area (Å²) < 4.78 is 11.4. The van der Waals surface area contributed by atoms with E-state index in [-0.39, 0.29) is 0 Å². The molecule has 5 heteroatoms. The van der Waals surface area contributed by atoms with Crippen LogP contribution in [-0.4, -0.2) is 16.8 Å². The Labute approximate surface area is 141 Å². The fourth-order valence-electron chi connectivity index (χ4n) is 2.31. The number of hydrogen-bond donors (Lipinski definition) is 2. The minimum Gasteiger partial charge on any atom is -0.494 e. The molecule has 1 aromatic heterocycles. The van der Waals surface area contributed by atoms with Gasteiger partial charge in [0.15, 0.2) is 0 Å². The largest absolute Gasteiger partial charge is 0.494 e. The lowest BCUT2D eigenvalue weighted by atomic mass is 10.1. The second kappa shape index (κ2) is 7.55. The zero-order chi connectivity index (χ0) is 16.8. The first-order valence-corrected chi connectivity index (χ1v) is 8.00. The Bertz CT molecular complexity index is 799. The number of hydrogen-bond acceptors (Lipinski definition) is 4. The molecule has 24 heavy (non-hydrogen) atoms. The number of rotatable bonds is 7. The molecule has 3 N–H and O–H groups in total. The molecule has 3 aromatic rings. The van der Waals surface area contributed by atoms with Gasteiger partial charge in [0.2, 0.25) is 0 Å². The maximum Gasteiger partial charge on any atom is 0.130 e. The average Bonchev–Trinajstić information content (AvgIpc) is 3.08. The number of aromatic nitrogens is 2. The number of aromatic amines is 1. The first kappa shape index (κ1) is 15.9. The third-order valence-corrected chi connectivity index (χ3v) is 3.49. The van der Waals surface area contributed by atoms with Crippen LogP contribution >= 0.6 is 0 Å². The molecule has 0 aliphatic rings. The number of nitrogens with one attached hydrogen (secondary N) is 1. The fraction of sp³-hybridized carbons (Fsp3) is 0.211. The molecule has 0 radical (unpaired) electrons. The van der Waals surface area contributed by atoms with Crippen molar-refractivity contribution in [1.82, 2.24) is 10.2 Å². The lowest BCUT2D eigenvalue weighted by molar-refractivity contribution is 0.301. The summed E-state index contributed by atoms with van der Waals surface area (Å²) in [6.45, 7) is 3.20.